The van der Waals surface area contributed by atoms with Crippen molar-refractivity contribution in [1.29, 1.82) is 0 Å². The lowest BCUT2D eigenvalue weighted by Crippen LogP contribution is -2.40. The van der Waals surface area contributed by atoms with Crippen molar-refractivity contribution < 1.29 is 13.9 Å². The van der Waals surface area contributed by atoms with E-state index in [1.54, 1.807) is 0 Å². The molecule has 0 amide bonds. The summed E-state index contributed by atoms with van der Waals surface area (Å²) in [6.07, 6.45) is 4.96. The number of benzene rings is 1. The van der Waals surface area contributed by atoms with Crippen LogP contribution in [0, 0.1) is 5.92 Å². The molecule has 0 saturated carbocycles. The Bertz CT molecular complexity index is 958. The van der Waals surface area contributed by atoms with Crippen molar-refractivity contribution in [2.45, 2.75) is 57.4 Å². The molecule has 4 rings (SSSR count). The third kappa shape index (κ3) is 4.94. The van der Waals surface area contributed by atoms with Gasteiger partial charge in [0, 0.05) is 6.61 Å². The van der Waals surface area contributed by atoms with Crippen LogP contribution in [-0.4, -0.2) is 41.3 Å². The third-order valence-electron chi connectivity index (χ3n) is 6.09. The predicted molar refractivity (Wildman–Crippen MR) is 119 cm³/mol. The van der Waals surface area contributed by atoms with Gasteiger partial charge in [-0.05, 0) is 49.3 Å². The van der Waals surface area contributed by atoms with Gasteiger partial charge in [-0.2, -0.15) is 9.78 Å². The van der Waals surface area contributed by atoms with Gasteiger partial charge in [0.1, 0.15) is 5.02 Å². The van der Waals surface area contributed by atoms with Crippen LogP contribution in [0.1, 0.15) is 51.2 Å². The van der Waals surface area contributed by atoms with Crippen molar-refractivity contribution in [3.8, 4) is 5.69 Å². The van der Waals surface area contributed by atoms with Crippen LogP contribution in [0.15, 0.2) is 35.3 Å². The summed E-state index contributed by atoms with van der Waals surface area (Å²) in [4.78, 5) is 12.8. The zero-order valence-corrected chi connectivity index (χ0v) is 18.7. The van der Waals surface area contributed by atoms with Gasteiger partial charge in [-0.3, -0.25) is 4.79 Å². The highest BCUT2D eigenvalue weighted by Crippen LogP contribution is 2.35. The summed E-state index contributed by atoms with van der Waals surface area (Å²) in [5.41, 5.74) is 0.101. The number of aromatic nitrogens is 2. The summed E-state index contributed by atoms with van der Waals surface area (Å²) >= 11 is 6.28. The van der Waals surface area contributed by atoms with Gasteiger partial charge in [-0.25, -0.2) is 4.39 Å². The average Bonchev–Trinajstić information content (AvgIpc) is 3.26. The number of nitrogens with zero attached hydrogens (tertiary/aromatic N) is 2. The highest BCUT2D eigenvalue weighted by molar-refractivity contribution is 6.32. The second-order valence-electron chi connectivity index (χ2n) is 8.83. The molecule has 1 N–H and O–H groups in total. The molecule has 0 aliphatic carbocycles. The molecule has 2 saturated heterocycles. The van der Waals surface area contributed by atoms with E-state index in [0.717, 1.165) is 18.4 Å². The summed E-state index contributed by atoms with van der Waals surface area (Å²) in [6.45, 7) is 4.98. The van der Waals surface area contributed by atoms with Crippen molar-refractivity contribution in [3.05, 3.63) is 51.4 Å². The molecule has 3 atom stereocenters. The van der Waals surface area contributed by atoms with Gasteiger partial charge in [0.25, 0.3) is 5.56 Å². The normalized spacial score (nSPS) is 26.4. The Morgan fingerprint density at radius 3 is 2.74 bits per heavy atom. The van der Waals surface area contributed by atoms with E-state index in [0.29, 0.717) is 36.7 Å². The Kier molecular flexibility index (Phi) is 6.65. The summed E-state index contributed by atoms with van der Waals surface area (Å²) in [5, 5.41) is 7.14. The Morgan fingerprint density at radius 2 is 2.10 bits per heavy atom. The van der Waals surface area contributed by atoms with Gasteiger partial charge < -0.3 is 14.8 Å². The molecule has 1 unspecified atom stereocenters. The zero-order valence-electron chi connectivity index (χ0n) is 17.9. The molecule has 2 aliphatic rings. The fourth-order valence-corrected chi connectivity index (χ4v) is 4.38. The van der Waals surface area contributed by atoms with Crippen LogP contribution < -0.4 is 10.9 Å². The fourth-order valence-electron chi connectivity index (χ4n) is 4.18. The number of alkyl halides is 1. The van der Waals surface area contributed by atoms with Gasteiger partial charge in [0.2, 0.25) is 0 Å². The second kappa shape index (κ2) is 9.27. The minimum atomic E-state index is -1.47. The highest BCUT2D eigenvalue weighted by atomic mass is 35.5. The Morgan fingerprint density at radius 1 is 1.32 bits per heavy atom. The van der Waals surface area contributed by atoms with Gasteiger partial charge in [-0.15, -0.1) is 0 Å². The number of rotatable bonds is 6. The smallest absolute Gasteiger partial charge is 0.292 e. The third-order valence-corrected chi connectivity index (χ3v) is 6.46. The maximum absolute atomic E-state index is 14.7. The Labute approximate surface area is 186 Å². The molecular weight excluding hydrogens is 421 g/mol. The average molecular weight is 450 g/mol. The molecule has 6 nitrogen and oxygen atoms in total. The van der Waals surface area contributed by atoms with Crippen LogP contribution in [0.3, 0.4) is 0 Å². The number of nitrogens with one attached hydrogen (secondary N) is 1. The van der Waals surface area contributed by atoms with Crippen LogP contribution in [0.2, 0.25) is 5.02 Å². The maximum atomic E-state index is 14.7. The molecule has 31 heavy (non-hydrogen) atoms. The van der Waals surface area contributed by atoms with Crippen LogP contribution in [0.25, 0.3) is 5.69 Å². The Hall–Kier alpha value is -1.96. The molecule has 1 aromatic heterocycles. The topological polar surface area (TPSA) is 65.4 Å². The first kappa shape index (κ1) is 22.2. The number of ether oxygens (including phenoxy) is 2. The number of anilines is 1. The van der Waals surface area contributed by atoms with E-state index in [1.165, 1.54) is 10.9 Å². The van der Waals surface area contributed by atoms with Crippen molar-refractivity contribution in [1.82, 2.24) is 9.78 Å². The molecule has 0 radical (unpaired) electrons. The van der Waals surface area contributed by atoms with E-state index < -0.39 is 11.2 Å². The molecule has 2 fully saturated rings. The lowest BCUT2D eigenvalue weighted by Gasteiger charge is -2.29. The summed E-state index contributed by atoms with van der Waals surface area (Å²) in [5.74, 6) is 0.499. The molecule has 2 aromatic rings. The van der Waals surface area contributed by atoms with Crippen molar-refractivity contribution in [2.24, 2.45) is 5.92 Å². The van der Waals surface area contributed by atoms with Crippen LogP contribution in [-0.2, 0) is 9.47 Å². The van der Waals surface area contributed by atoms with Crippen molar-refractivity contribution in [2.75, 3.05) is 25.1 Å². The molecule has 0 bridgehead atoms. The number of hydrogen-bond donors (Lipinski definition) is 1. The lowest BCUT2D eigenvalue weighted by atomic mass is 9.99. The molecule has 8 heteroatoms. The number of hydrogen-bond acceptors (Lipinski definition) is 5. The quantitative estimate of drug-likeness (QED) is 0.692. The van der Waals surface area contributed by atoms with Gasteiger partial charge in [0.15, 0.2) is 5.67 Å². The van der Waals surface area contributed by atoms with Crippen LogP contribution in [0.5, 0.6) is 0 Å². The van der Waals surface area contributed by atoms with E-state index in [-0.39, 0.29) is 30.4 Å². The first-order valence-corrected chi connectivity index (χ1v) is 11.3. The largest absolute Gasteiger partial charge is 0.379 e. The second-order valence-corrected chi connectivity index (χ2v) is 9.20. The van der Waals surface area contributed by atoms with Crippen molar-refractivity contribution >= 4 is 17.3 Å². The zero-order chi connectivity index (χ0) is 22.0. The van der Waals surface area contributed by atoms with E-state index in [4.69, 9.17) is 21.1 Å². The lowest BCUT2D eigenvalue weighted by molar-refractivity contribution is -0.0234. The molecular formula is C23H29ClFN3O3. The van der Waals surface area contributed by atoms with Crippen LogP contribution >= 0.6 is 11.6 Å². The van der Waals surface area contributed by atoms with Gasteiger partial charge >= 0.3 is 0 Å². The fraction of sp³-hybridized carbons (Fsp3) is 0.565. The standard InChI is InChI=1S/C23H29ClFN3O3/c1-15(2)19-8-9-20(31-19)16-4-6-17(7-5-16)28-22(29)21(24)18(12-27-28)26-13-23(25)10-3-11-30-14-23/h4-7,12,15,19-20,26H,3,8-11,13-14H2,1-2H3/t19-,20+,23?/m0/s1. The predicted octanol–water partition coefficient (Wildman–Crippen LogP) is 4.69. The van der Waals surface area contributed by atoms with Gasteiger partial charge in [0.05, 0.1) is 42.9 Å². The molecule has 2 aliphatic heterocycles. The highest BCUT2D eigenvalue weighted by Gasteiger charge is 2.33. The SMILES string of the molecule is CC(C)[C@@H]1CC[C@H](c2ccc(-n3ncc(NCC4(F)CCCOC4)c(Cl)c3=O)cc2)O1. The first-order chi connectivity index (χ1) is 14.9. The minimum absolute atomic E-state index is 0.0155. The monoisotopic (exact) mass is 449 g/mol. The van der Waals surface area contributed by atoms with E-state index >= 15 is 0 Å². The number of halogens is 2. The Balaban J connectivity index is 1.46. The maximum Gasteiger partial charge on any atom is 0.292 e. The van der Waals surface area contributed by atoms with E-state index in [1.807, 2.05) is 24.3 Å². The summed E-state index contributed by atoms with van der Waals surface area (Å²) < 4.78 is 27.3. The van der Waals surface area contributed by atoms with Crippen LogP contribution in [0.4, 0.5) is 10.1 Å². The minimum Gasteiger partial charge on any atom is -0.379 e. The van der Waals surface area contributed by atoms with Crippen molar-refractivity contribution in [3.63, 3.8) is 0 Å². The first-order valence-electron chi connectivity index (χ1n) is 10.9. The molecule has 3 heterocycles. The molecule has 0 spiro atoms. The van der Waals surface area contributed by atoms with E-state index in [9.17, 15) is 9.18 Å². The summed E-state index contributed by atoms with van der Waals surface area (Å²) in [6, 6.07) is 7.62. The summed E-state index contributed by atoms with van der Waals surface area (Å²) in [7, 11) is 0. The molecule has 168 valence electrons. The molecule has 1 aromatic carbocycles. The van der Waals surface area contributed by atoms with Gasteiger partial charge in [-0.1, -0.05) is 37.6 Å². The van der Waals surface area contributed by atoms with E-state index in [2.05, 4.69) is 24.3 Å².